The molecule has 2 rings (SSSR count). The Kier molecular flexibility index (Phi) is 2.36. The first-order chi connectivity index (χ1) is 6.23. The molecule has 2 heterocycles. The Labute approximate surface area is 78.9 Å². The first-order valence-electron chi connectivity index (χ1n) is 4.54. The molecule has 2 fully saturated rings. The molecule has 0 aliphatic carbocycles. The van der Waals surface area contributed by atoms with E-state index in [1.54, 1.807) is 14.2 Å². The monoisotopic (exact) mass is 186 g/mol. The molecule has 0 amide bonds. The summed E-state index contributed by atoms with van der Waals surface area (Å²) in [4.78, 5) is 0. The molecule has 2 aliphatic heterocycles. The number of methoxy groups -OCH3 is 2. The molecular formula is C8H15BO4. The fourth-order valence-corrected chi connectivity index (χ4v) is 2.38. The van der Waals surface area contributed by atoms with Crippen molar-refractivity contribution in [2.75, 3.05) is 27.4 Å². The molecule has 1 unspecified atom stereocenters. The van der Waals surface area contributed by atoms with Gasteiger partial charge in [0.15, 0.2) is 0 Å². The second-order valence-electron chi connectivity index (χ2n) is 3.75. The molecule has 2 aliphatic rings. The van der Waals surface area contributed by atoms with Crippen LogP contribution in [0.15, 0.2) is 0 Å². The van der Waals surface area contributed by atoms with Crippen molar-refractivity contribution in [1.29, 1.82) is 0 Å². The average Bonchev–Trinajstić information content (AvgIpc) is 2.55. The third-order valence-electron chi connectivity index (χ3n) is 2.86. The lowest BCUT2D eigenvalue weighted by Crippen LogP contribution is -2.45. The minimum absolute atomic E-state index is 0.0162. The van der Waals surface area contributed by atoms with Gasteiger partial charge in [-0.3, -0.25) is 0 Å². The Hall–Kier alpha value is -0.0951. The minimum Gasteiger partial charge on any atom is -0.381 e. The van der Waals surface area contributed by atoms with Crippen molar-refractivity contribution in [2.24, 2.45) is 0 Å². The van der Waals surface area contributed by atoms with E-state index >= 15 is 0 Å². The van der Waals surface area contributed by atoms with Crippen LogP contribution in [0, 0.1) is 0 Å². The number of hydrogen-bond acceptors (Lipinski definition) is 4. The zero-order chi connectivity index (χ0) is 9.47. The first kappa shape index (κ1) is 9.46. The van der Waals surface area contributed by atoms with Gasteiger partial charge in [0.25, 0.3) is 0 Å². The van der Waals surface area contributed by atoms with E-state index in [1.807, 2.05) is 7.85 Å². The average molecular weight is 186 g/mol. The van der Waals surface area contributed by atoms with Gasteiger partial charge in [0.2, 0.25) is 0 Å². The third-order valence-corrected chi connectivity index (χ3v) is 2.86. The lowest BCUT2D eigenvalue weighted by Gasteiger charge is -2.29. The van der Waals surface area contributed by atoms with E-state index in [0.29, 0.717) is 13.2 Å². The summed E-state index contributed by atoms with van der Waals surface area (Å²) < 4.78 is 21.9. The SMILES string of the molecule is B[C@@H]1OC2(COC)CO[C@@H]1[C@@H]2OC. The maximum absolute atomic E-state index is 5.82. The highest BCUT2D eigenvalue weighted by molar-refractivity contribution is 6.11. The summed E-state index contributed by atoms with van der Waals surface area (Å²) in [5.74, 6) is 0. The van der Waals surface area contributed by atoms with Gasteiger partial charge in [0.05, 0.1) is 19.2 Å². The lowest BCUT2D eigenvalue weighted by atomic mass is 9.92. The van der Waals surface area contributed by atoms with Gasteiger partial charge in [0, 0.05) is 14.2 Å². The molecule has 74 valence electrons. The fourth-order valence-electron chi connectivity index (χ4n) is 2.38. The Balaban J connectivity index is 2.17. The van der Waals surface area contributed by atoms with Crippen LogP contribution in [0.25, 0.3) is 0 Å². The molecule has 0 N–H and O–H groups in total. The van der Waals surface area contributed by atoms with Gasteiger partial charge in [0.1, 0.15) is 25.7 Å². The van der Waals surface area contributed by atoms with E-state index in [9.17, 15) is 0 Å². The maximum atomic E-state index is 5.82. The van der Waals surface area contributed by atoms with Crippen molar-refractivity contribution in [1.82, 2.24) is 0 Å². The Morgan fingerprint density at radius 1 is 1.54 bits per heavy atom. The Morgan fingerprint density at radius 2 is 2.31 bits per heavy atom. The van der Waals surface area contributed by atoms with Gasteiger partial charge in [-0.1, -0.05) is 0 Å². The molecule has 0 aromatic heterocycles. The summed E-state index contributed by atoms with van der Waals surface area (Å²) in [5.41, 5.74) is -0.367. The summed E-state index contributed by atoms with van der Waals surface area (Å²) in [6.07, 6.45) is 0.0857. The first-order valence-corrected chi connectivity index (χ1v) is 4.54. The van der Waals surface area contributed by atoms with Gasteiger partial charge in [-0.05, 0) is 0 Å². The van der Waals surface area contributed by atoms with Crippen LogP contribution in [-0.4, -0.2) is 59.1 Å². The molecule has 0 aromatic carbocycles. The van der Waals surface area contributed by atoms with E-state index in [-0.39, 0.29) is 23.8 Å². The van der Waals surface area contributed by atoms with Crippen LogP contribution >= 0.6 is 0 Å². The van der Waals surface area contributed by atoms with Gasteiger partial charge in [-0.2, -0.15) is 0 Å². The van der Waals surface area contributed by atoms with Crippen LogP contribution in [0.1, 0.15) is 0 Å². The fraction of sp³-hybridized carbons (Fsp3) is 1.00. The van der Waals surface area contributed by atoms with Crippen molar-refractivity contribution >= 4 is 7.85 Å². The molecule has 5 heteroatoms. The molecule has 0 spiro atoms. The molecule has 2 saturated heterocycles. The van der Waals surface area contributed by atoms with Crippen molar-refractivity contribution in [3.63, 3.8) is 0 Å². The van der Waals surface area contributed by atoms with E-state index in [2.05, 4.69) is 0 Å². The molecule has 13 heavy (non-hydrogen) atoms. The van der Waals surface area contributed by atoms with Crippen LogP contribution in [0.2, 0.25) is 0 Å². The van der Waals surface area contributed by atoms with Crippen LogP contribution < -0.4 is 0 Å². The molecule has 4 nitrogen and oxygen atoms in total. The predicted molar refractivity (Wildman–Crippen MR) is 48.6 cm³/mol. The highest BCUT2D eigenvalue weighted by Crippen LogP contribution is 2.40. The van der Waals surface area contributed by atoms with Crippen molar-refractivity contribution in [3.05, 3.63) is 0 Å². The van der Waals surface area contributed by atoms with Crippen LogP contribution in [0.5, 0.6) is 0 Å². The standard InChI is InChI=1S/C8H15BO4/c1-10-3-8-4-12-5(6(8)11-2)7(9)13-8/h5-7H,3-4,9H2,1-2H3/t5-,6+,7-,8?/m1/s1. The van der Waals surface area contributed by atoms with Gasteiger partial charge >= 0.3 is 0 Å². The number of hydrogen-bond donors (Lipinski definition) is 0. The van der Waals surface area contributed by atoms with Gasteiger partial charge in [-0.15, -0.1) is 0 Å². The normalized spacial score (nSPS) is 48.6. The second-order valence-corrected chi connectivity index (χ2v) is 3.75. The highest BCUT2D eigenvalue weighted by Gasteiger charge is 2.60. The molecule has 0 saturated carbocycles. The van der Waals surface area contributed by atoms with Crippen LogP contribution in [-0.2, 0) is 18.9 Å². The maximum Gasteiger partial charge on any atom is 0.143 e. The number of rotatable bonds is 3. The minimum atomic E-state index is -0.367. The largest absolute Gasteiger partial charge is 0.381 e. The van der Waals surface area contributed by atoms with Crippen LogP contribution in [0.3, 0.4) is 0 Å². The van der Waals surface area contributed by atoms with E-state index in [1.165, 1.54) is 0 Å². The quantitative estimate of drug-likeness (QED) is 0.517. The Bertz CT molecular complexity index is 201. The molecule has 0 radical (unpaired) electrons. The van der Waals surface area contributed by atoms with E-state index < -0.39 is 0 Å². The highest BCUT2D eigenvalue weighted by atomic mass is 16.7. The summed E-state index contributed by atoms with van der Waals surface area (Å²) in [6, 6.07) is 0.105. The number of fused-ring (bicyclic) bond motifs is 2. The lowest BCUT2D eigenvalue weighted by molar-refractivity contribution is -0.144. The van der Waals surface area contributed by atoms with Crippen LogP contribution in [0.4, 0.5) is 0 Å². The van der Waals surface area contributed by atoms with Crippen molar-refractivity contribution < 1.29 is 18.9 Å². The van der Waals surface area contributed by atoms with Crippen molar-refractivity contribution in [3.8, 4) is 0 Å². The summed E-state index contributed by atoms with van der Waals surface area (Å²) in [7, 11) is 5.37. The van der Waals surface area contributed by atoms with E-state index in [4.69, 9.17) is 18.9 Å². The van der Waals surface area contributed by atoms with Gasteiger partial charge < -0.3 is 18.9 Å². The molecule has 0 aromatic rings. The summed E-state index contributed by atoms with van der Waals surface area (Å²) in [6.45, 7) is 1.11. The smallest absolute Gasteiger partial charge is 0.143 e. The topological polar surface area (TPSA) is 36.9 Å². The molecular weight excluding hydrogens is 171 g/mol. The zero-order valence-electron chi connectivity index (χ0n) is 8.28. The van der Waals surface area contributed by atoms with Gasteiger partial charge in [-0.25, -0.2) is 0 Å². The predicted octanol–water partition coefficient (Wildman–Crippen LogP) is -1.23. The van der Waals surface area contributed by atoms with Crippen molar-refractivity contribution in [2.45, 2.75) is 23.8 Å². The molecule has 4 atom stereocenters. The summed E-state index contributed by atoms with van der Waals surface area (Å²) in [5, 5.41) is 0. The van der Waals surface area contributed by atoms with E-state index in [0.717, 1.165) is 0 Å². The zero-order valence-corrected chi connectivity index (χ0v) is 8.28. The Morgan fingerprint density at radius 3 is 2.85 bits per heavy atom. The molecule has 2 bridgehead atoms. The third kappa shape index (κ3) is 1.22. The number of ether oxygens (including phenoxy) is 4. The summed E-state index contributed by atoms with van der Waals surface area (Å²) >= 11 is 0. The second kappa shape index (κ2) is 3.24.